The number of hydrogen-bond donors (Lipinski definition) is 0. The minimum Gasteiger partial charge on any atom is -0.462 e. The van der Waals surface area contributed by atoms with Crippen molar-refractivity contribution in [3.05, 3.63) is 12.2 Å². The summed E-state index contributed by atoms with van der Waals surface area (Å²) in [6, 6.07) is 0. The van der Waals surface area contributed by atoms with E-state index in [1.165, 1.54) is 6.92 Å². The second-order valence-electron chi connectivity index (χ2n) is 6.24. The van der Waals surface area contributed by atoms with Gasteiger partial charge in [-0.2, -0.15) is 0 Å². The molecule has 0 saturated carbocycles. The summed E-state index contributed by atoms with van der Waals surface area (Å²) in [6.45, 7) is 8.94. The van der Waals surface area contributed by atoms with Crippen LogP contribution in [0, 0.1) is 0 Å². The van der Waals surface area contributed by atoms with E-state index in [-0.39, 0.29) is 23.9 Å². The summed E-state index contributed by atoms with van der Waals surface area (Å²) in [5, 5.41) is 0. The molecule has 0 bridgehead atoms. The van der Waals surface area contributed by atoms with Crippen LogP contribution in [0.3, 0.4) is 0 Å². The van der Waals surface area contributed by atoms with E-state index in [9.17, 15) is 18.0 Å². The highest BCUT2D eigenvalue weighted by atomic mass is 32.2. The second kappa shape index (κ2) is 11.2. The van der Waals surface area contributed by atoms with Crippen molar-refractivity contribution in [1.82, 2.24) is 0 Å². The average Bonchev–Trinajstić information content (AvgIpc) is 2.41. The number of carbonyl (C=O) groups excluding carboxylic acids is 2. The first kappa shape index (κ1) is 22.6. The predicted octanol–water partition coefficient (Wildman–Crippen LogP) is 2.81. The zero-order valence-electron chi connectivity index (χ0n) is 15.2. The van der Waals surface area contributed by atoms with Crippen LogP contribution in [0.15, 0.2) is 12.2 Å². The van der Waals surface area contributed by atoms with Gasteiger partial charge in [0.2, 0.25) is 0 Å². The topological polar surface area (TPSA) is 86.7 Å². The molecule has 0 rings (SSSR count). The van der Waals surface area contributed by atoms with Crippen molar-refractivity contribution in [2.45, 2.75) is 71.5 Å². The molecule has 0 spiro atoms. The Labute approximate surface area is 145 Å². The highest BCUT2D eigenvalue weighted by Gasteiger charge is 2.20. The first-order chi connectivity index (χ1) is 11.0. The zero-order valence-corrected chi connectivity index (χ0v) is 16.0. The molecule has 0 aromatic rings. The van der Waals surface area contributed by atoms with Gasteiger partial charge in [-0.15, -0.1) is 0 Å². The third-order valence-electron chi connectivity index (χ3n) is 3.29. The monoisotopic (exact) mass is 362 g/mol. The van der Waals surface area contributed by atoms with Crippen molar-refractivity contribution in [3.8, 4) is 0 Å². The molecule has 0 aromatic carbocycles. The predicted molar refractivity (Wildman–Crippen MR) is 93.3 cm³/mol. The van der Waals surface area contributed by atoms with Gasteiger partial charge in [-0.05, 0) is 26.7 Å². The molecule has 0 aliphatic carbocycles. The lowest BCUT2D eigenvalue weighted by atomic mass is 10.1. The van der Waals surface area contributed by atoms with E-state index >= 15 is 0 Å². The Morgan fingerprint density at radius 3 is 2.21 bits per heavy atom. The third-order valence-corrected chi connectivity index (χ3v) is 4.36. The van der Waals surface area contributed by atoms with Crippen molar-refractivity contribution >= 4 is 21.8 Å². The van der Waals surface area contributed by atoms with Crippen LogP contribution >= 0.6 is 0 Å². The van der Waals surface area contributed by atoms with Gasteiger partial charge >= 0.3 is 11.9 Å². The number of carbonyl (C=O) groups is 2. The molecule has 0 amide bonds. The fourth-order valence-electron chi connectivity index (χ4n) is 2.16. The van der Waals surface area contributed by atoms with Crippen molar-refractivity contribution in [2.75, 3.05) is 12.0 Å². The van der Waals surface area contributed by atoms with Gasteiger partial charge in [-0.3, -0.25) is 4.79 Å². The number of ether oxygens (including phenoxy) is 2. The zero-order chi connectivity index (χ0) is 18.8. The molecule has 0 fully saturated rings. The van der Waals surface area contributed by atoms with Gasteiger partial charge in [0.25, 0.3) is 0 Å². The minimum absolute atomic E-state index is 0.0430. The van der Waals surface area contributed by atoms with Gasteiger partial charge in [0.1, 0.15) is 6.10 Å². The van der Waals surface area contributed by atoms with Crippen LogP contribution in [-0.4, -0.2) is 44.6 Å². The first-order valence-electron chi connectivity index (χ1n) is 8.31. The number of unbranched alkanes of at least 4 members (excludes halogenated alkanes) is 3. The Morgan fingerprint density at radius 2 is 1.67 bits per heavy atom. The quantitative estimate of drug-likeness (QED) is 0.301. The van der Waals surface area contributed by atoms with Crippen molar-refractivity contribution in [3.63, 3.8) is 0 Å². The Kier molecular flexibility index (Phi) is 10.6. The van der Waals surface area contributed by atoms with Gasteiger partial charge in [-0.25, -0.2) is 13.2 Å². The summed E-state index contributed by atoms with van der Waals surface area (Å²) >= 11 is 0. The largest absolute Gasteiger partial charge is 0.462 e. The summed E-state index contributed by atoms with van der Waals surface area (Å²) in [5.74, 6) is -1.58. The lowest BCUT2D eigenvalue weighted by Gasteiger charge is -2.15. The van der Waals surface area contributed by atoms with Crippen LogP contribution in [0.25, 0.3) is 0 Å². The summed E-state index contributed by atoms with van der Waals surface area (Å²) in [4.78, 5) is 23.6. The van der Waals surface area contributed by atoms with Crippen LogP contribution in [0.4, 0.5) is 0 Å². The summed E-state index contributed by atoms with van der Waals surface area (Å²) in [7, 11) is -3.25. The molecule has 0 aromatic heterocycles. The van der Waals surface area contributed by atoms with Gasteiger partial charge in [-0.1, -0.05) is 32.8 Å². The highest BCUT2D eigenvalue weighted by Crippen LogP contribution is 2.11. The maximum absolute atomic E-state index is 11.8. The minimum atomic E-state index is -3.25. The number of rotatable bonds is 12. The van der Waals surface area contributed by atoms with Crippen LogP contribution in [-0.2, 0) is 28.9 Å². The third kappa shape index (κ3) is 12.1. The summed E-state index contributed by atoms with van der Waals surface area (Å²) in [6.07, 6.45) is 5.00. The van der Waals surface area contributed by atoms with Gasteiger partial charge in [0.05, 0.1) is 18.3 Å². The maximum atomic E-state index is 11.8. The van der Waals surface area contributed by atoms with E-state index in [0.29, 0.717) is 0 Å². The molecule has 6 nitrogen and oxygen atoms in total. The van der Waals surface area contributed by atoms with E-state index in [0.717, 1.165) is 38.4 Å². The van der Waals surface area contributed by atoms with Crippen LogP contribution < -0.4 is 0 Å². The second-order valence-corrected chi connectivity index (χ2v) is 8.42. The molecular formula is C17H30O6S. The van der Waals surface area contributed by atoms with Crippen LogP contribution in [0.1, 0.15) is 59.3 Å². The molecule has 2 atom stereocenters. The normalized spacial score (nSPS) is 13.8. The van der Waals surface area contributed by atoms with E-state index < -0.39 is 27.9 Å². The van der Waals surface area contributed by atoms with E-state index in [1.54, 1.807) is 0 Å². The van der Waals surface area contributed by atoms with Gasteiger partial charge in [0, 0.05) is 11.8 Å². The molecule has 0 saturated heterocycles. The number of hydrogen-bond acceptors (Lipinski definition) is 6. The molecular weight excluding hydrogens is 332 g/mol. The van der Waals surface area contributed by atoms with E-state index in [4.69, 9.17) is 9.47 Å². The molecule has 7 heteroatoms. The van der Waals surface area contributed by atoms with Crippen LogP contribution in [0.2, 0.25) is 0 Å². The van der Waals surface area contributed by atoms with E-state index in [2.05, 4.69) is 13.5 Å². The van der Waals surface area contributed by atoms with Gasteiger partial charge < -0.3 is 9.47 Å². The molecule has 1 unspecified atom stereocenters. The molecule has 0 aliphatic heterocycles. The summed E-state index contributed by atoms with van der Waals surface area (Å²) < 4.78 is 32.5. The maximum Gasteiger partial charge on any atom is 0.334 e. The standard InChI is InChI=1S/C17H30O6S/c1-6-7-8-9-10-14(3)22-16(18)11-13(2)17(19)23-15(4)12-24(5,20)21/h14-15H,2,6-12H2,1,3-5H3/t14-,15?/m1/s1. The molecule has 0 N–H and O–H groups in total. The molecule has 0 radical (unpaired) electrons. The first-order valence-corrected chi connectivity index (χ1v) is 10.4. The Morgan fingerprint density at radius 1 is 1.04 bits per heavy atom. The highest BCUT2D eigenvalue weighted by molar-refractivity contribution is 7.90. The Hall–Kier alpha value is -1.37. The molecule has 24 heavy (non-hydrogen) atoms. The van der Waals surface area contributed by atoms with Crippen LogP contribution in [0.5, 0.6) is 0 Å². The fraction of sp³-hybridized carbons (Fsp3) is 0.765. The molecule has 140 valence electrons. The van der Waals surface area contributed by atoms with Crippen molar-refractivity contribution in [1.29, 1.82) is 0 Å². The average molecular weight is 362 g/mol. The number of sulfone groups is 1. The van der Waals surface area contributed by atoms with Gasteiger partial charge in [0.15, 0.2) is 9.84 Å². The molecule has 0 aliphatic rings. The Bertz CT molecular complexity index is 523. The lowest BCUT2D eigenvalue weighted by Crippen LogP contribution is -2.25. The summed E-state index contributed by atoms with van der Waals surface area (Å²) in [5.41, 5.74) is -0.0430. The molecule has 0 heterocycles. The van der Waals surface area contributed by atoms with Crippen molar-refractivity contribution < 1.29 is 27.5 Å². The SMILES string of the molecule is C=C(CC(=O)O[C@H](C)CCCCCC)C(=O)OC(C)CS(C)(=O)=O. The van der Waals surface area contributed by atoms with Crippen molar-refractivity contribution in [2.24, 2.45) is 0 Å². The Balaban J connectivity index is 4.16. The smallest absolute Gasteiger partial charge is 0.334 e. The number of esters is 2. The van der Waals surface area contributed by atoms with E-state index in [1.807, 2.05) is 6.92 Å². The lowest BCUT2D eigenvalue weighted by molar-refractivity contribution is -0.150. The fourth-order valence-corrected chi connectivity index (χ4v) is 3.08.